The largest absolute Gasteiger partial charge is 0.379 e. The molecule has 0 fully saturated rings. The fourth-order valence-corrected chi connectivity index (χ4v) is 2.42. The van der Waals surface area contributed by atoms with Crippen LogP contribution in [-0.2, 0) is 6.54 Å². The number of hydrogen-bond acceptors (Lipinski definition) is 4. The third-order valence-corrected chi connectivity index (χ3v) is 3.51. The molecule has 0 aliphatic rings. The molecule has 0 aliphatic heterocycles. The summed E-state index contributed by atoms with van der Waals surface area (Å²) in [5, 5.41) is 13.7. The monoisotopic (exact) mass is 309 g/mol. The standard InChI is InChI=1S/C11H8BrN3OS/c12-9-3-7(4-13)1-2-10(9)14-5-8-6-17-11(16)15-8/h1-3,6,14H,5H2,(H,15,16). The highest BCUT2D eigenvalue weighted by Crippen LogP contribution is 2.23. The smallest absolute Gasteiger partial charge is 0.304 e. The van der Waals surface area contributed by atoms with Crippen LogP contribution in [0.15, 0.2) is 32.8 Å². The Labute approximate surface area is 110 Å². The van der Waals surface area contributed by atoms with E-state index in [1.165, 1.54) is 0 Å². The van der Waals surface area contributed by atoms with Crippen LogP contribution in [0.5, 0.6) is 0 Å². The quantitative estimate of drug-likeness (QED) is 0.916. The lowest BCUT2D eigenvalue weighted by Gasteiger charge is -2.07. The Morgan fingerprint density at radius 2 is 2.35 bits per heavy atom. The summed E-state index contributed by atoms with van der Waals surface area (Å²) in [5.74, 6) is 0. The Hall–Kier alpha value is -1.58. The number of aromatic nitrogens is 1. The SMILES string of the molecule is N#Cc1ccc(NCc2csc(=O)[nH]2)c(Br)c1. The number of aromatic amines is 1. The number of nitrogens with zero attached hydrogens (tertiary/aromatic N) is 1. The fraction of sp³-hybridized carbons (Fsp3) is 0.0909. The van der Waals surface area contributed by atoms with E-state index < -0.39 is 0 Å². The summed E-state index contributed by atoms with van der Waals surface area (Å²) in [5.41, 5.74) is 2.33. The van der Waals surface area contributed by atoms with E-state index in [0.717, 1.165) is 27.2 Å². The highest BCUT2D eigenvalue weighted by Gasteiger charge is 2.02. The second-order valence-corrected chi connectivity index (χ2v) is 5.03. The molecule has 86 valence electrons. The van der Waals surface area contributed by atoms with Gasteiger partial charge < -0.3 is 10.3 Å². The lowest BCUT2D eigenvalue weighted by atomic mass is 10.2. The van der Waals surface area contributed by atoms with Gasteiger partial charge in [-0.05, 0) is 34.1 Å². The number of rotatable bonds is 3. The minimum Gasteiger partial charge on any atom is -0.379 e. The normalized spacial score (nSPS) is 9.88. The molecule has 1 aromatic heterocycles. The topological polar surface area (TPSA) is 68.7 Å². The molecule has 0 saturated carbocycles. The molecule has 0 spiro atoms. The zero-order valence-corrected chi connectivity index (χ0v) is 11.1. The first kappa shape index (κ1) is 11.9. The number of H-pyrrole nitrogens is 1. The summed E-state index contributed by atoms with van der Waals surface area (Å²) < 4.78 is 0.828. The van der Waals surface area contributed by atoms with E-state index in [0.29, 0.717) is 12.1 Å². The van der Waals surface area contributed by atoms with Crippen LogP contribution in [0.3, 0.4) is 0 Å². The van der Waals surface area contributed by atoms with Crippen LogP contribution < -0.4 is 10.2 Å². The molecule has 0 aliphatic carbocycles. The van der Waals surface area contributed by atoms with Crippen molar-refractivity contribution in [1.29, 1.82) is 5.26 Å². The van der Waals surface area contributed by atoms with Gasteiger partial charge in [0.05, 0.1) is 18.2 Å². The first-order chi connectivity index (χ1) is 8.19. The van der Waals surface area contributed by atoms with E-state index in [2.05, 4.69) is 32.3 Å². The van der Waals surface area contributed by atoms with Crippen molar-refractivity contribution < 1.29 is 0 Å². The van der Waals surface area contributed by atoms with Crippen LogP contribution in [0.2, 0.25) is 0 Å². The molecular weight excluding hydrogens is 302 g/mol. The highest BCUT2D eigenvalue weighted by atomic mass is 79.9. The average molecular weight is 310 g/mol. The Balaban J connectivity index is 2.09. The van der Waals surface area contributed by atoms with Crippen LogP contribution >= 0.6 is 27.3 Å². The van der Waals surface area contributed by atoms with Crippen LogP contribution in [-0.4, -0.2) is 4.98 Å². The molecule has 2 rings (SSSR count). The summed E-state index contributed by atoms with van der Waals surface area (Å²) >= 11 is 4.53. The van der Waals surface area contributed by atoms with Gasteiger partial charge in [0.1, 0.15) is 0 Å². The molecule has 1 heterocycles. The van der Waals surface area contributed by atoms with Gasteiger partial charge in [0, 0.05) is 21.2 Å². The van der Waals surface area contributed by atoms with Crippen molar-refractivity contribution in [1.82, 2.24) is 4.98 Å². The van der Waals surface area contributed by atoms with Gasteiger partial charge >= 0.3 is 4.87 Å². The van der Waals surface area contributed by atoms with Crippen LogP contribution in [0, 0.1) is 11.3 Å². The van der Waals surface area contributed by atoms with Gasteiger partial charge in [-0.25, -0.2) is 0 Å². The Bertz CT molecular complexity index is 626. The number of nitriles is 1. The molecule has 4 nitrogen and oxygen atoms in total. The van der Waals surface area contributed by atoms with Crippen molar-refractivity contribution in [3.63, 3.8) is 0 Å². The minimum atomic E-state index is -0.0549. The number of thiazole rings is 1. The molecule has 6 heteroatoms. The molecule has 0 bridgehead atoms. The third kappa shape index (κ3) is 2.96. The zero-order chi connectivity index (χ0) is 12.3. The predicted molar refractivity (Wildman–Crippen MR) is 71.1 cm³/mol. The molecule has 0 radical (unpaired) electrons. The molecule has 0 saturated heterocycles. The lowest BCUT2D eigenvalue weighted by molar-refractivity contribution is 1.06. The fourth-order valence-electron chi connectivity index (χ4n) is 1.32. The van der Waals surface area contributed by atoms with E-state index in [4.69, 9.17) is 5.26 Å². The molecule has 17 heavy (non-hydrogen) atoms. The van der Waals surface area contributed by atoms with Gasteiger partial charge in [-0.1, -0.05) is 11.3 Å². The number of hydrogen-bond donors (Lipinski definition) is 2. The highest BCUT2D eigenvalue weighted by molar-refractivity contribution is 9.10. The van der Waals surface area contributed by atoms with Gasteiger partial charge in [-0.3, -0.25) is 4.79 Å². The van der Waals surface area contributed by atoms with Gasteiger partial charge in [-0.2, -0.15) is 5.26 Å². The summed E-state index contributed by atoms with van der Waals surface area (Å²) in [4.78, 5) is 13.6. The minimum absolute atomic E-state index is 0.0549. The second-order valence-electron chi connectivity index (χ2n) is 3.33. The summed E-state index contributed by atoms with van der Waals surface area (Å²) in [7, 11) is 0. The maximum atomic E-state index is 10.9. The van der Waals surface area contributed by atoms with E-state index >= 15 is 0 Å². The maximum Gasteiger partial charge on any atom is 0.304 e. The van der Waals surface area contributed by atoms with Gasteiger partial charge in [-0.15, -0.1) is 0 Å². The molecule has 2 N–H and O–H groups in total. The van der Waals surface area contributed by atoms with Crippen LogP contribution in [0.4, 0.5) is 5.69 Å². The summed E-state index contributed by atoms with van der Waals surface area (Å²) in [6, 6.07) is 7.38. The van der Waals surface area contributed by atoms with E-state index in [-0.39, 0.29) is 4.87 Å². The molecule has 2 aromatic rings. The maximum absolute atomic E-state index is 10.9. The van der Waals surface area contributed by atoms with Gasteiger partial charge in [0.15, 0.2) is 0 Å². The third-order valence-electron chi connectivity index (χ3n) is 2.14. The van der Waals surface area contributed by atoms with Gasteiger partial charge in [0.25, 0.3) is 0 Å². The number of nitrogens with one attached hydrogen (secondary N) is 2. The summed E-state index contributed by atoms with van der Waals surface area (Å²) in [6.07, 6.45) is 0. The Morgan fingerprint density at radius 1 is 1.53 bits per heavy atom. The van der Waals surface area contributed by atoms with E-state index in [9.17, 15) is 4.79 Å². The van der Waals surface area contributed by atoms with E-state index in [1.807, 2.05) is 6.07 Å². The Kier molecular flexibility index (Phi) is 3.61. The van der Waals surface area contributed by atoms with Crippen molar-refractivity contribution in [3.8, 4) is 6.07 Å². The Morgan fingerprint density at radius 3 is 2.94 bits per heavy atom. The molecule has 0 unspecified atom stereocenters. The lowest BCUT2D eigenvalue weighted by Crippen LogP contribution is -2.03. The number of anilines is 1. The van der Waals surface area contributed by atoms with E-state index in [1.54, 1.807) is 17.5 Å². The second kappa shape index (κ2) is 5.17. The van der Waals surface area contributed by atoms with Crippen molar-refractivity contribution in [2.45, 2.75) is 6.54 Å². The number of benzene rings is 1. The summed E-state index contributed by atoms with van der Waals surface area (Å²) in [6.45, 7) is 0.545. The van der Waals surface area contributed by atoms with Crippen LogP contribution in [0.1, 0.15) is 11.3 Å². The molecule has 1 aromatic carbocycles. The molecule has 0 amide bonds. The van der Waals surface area contributed by atoms with Crippen LogP contribution in [0.25, 0.3) is 0 Å². The first-order valence-electron chi connectivity index (χ1n) is 4.79. The van der Waals surface area contributed by atoms with Crippen molar-refractivity contribution >= 4 is 33.0 Å². The first-order valence-corrected chi connectivity index (χ1v) is 6.46. The van der Waals surface area contributed by atoms with Gasteiger partial charge in [0.2, 0.25) is 0 Å². The van der Waals surface area contributed by atoms with Crippen molar-refractivity contribution in [2.75, 3.05) is 5.32 Å². The molecular formula is C11H8BrN3OS. The molecule has 0 atom stereocenters. The number of halogens is 1. The zero-order valence-electron chi connectivity index (χ0n) is 8.66. The van der Waals surface area contributed by atoms with Crippen molar-refractivity contribution in [3.05, 3.63) is 49.0 Å². The predicted octanol–water partition coefficient (Wildman–Crippen LogP) is 2.68. The average Bonchev–Trinajstić information content (AvgIpc) is 2.73. The van der Waals surface area contributed by atoms with Crippen molar-refractivity contribution in [2.24, 2.45) is 0 Å².